The maximum Gasteiger partial charge on any atom is 0.307 e. The highest BCUT2D eigenvalue weighted by molar-refractivity contribution is 6.51. The Hall–Kier alpha value is -4.59. The second-order valence-electron chi connectivity index (χ2n) is 9.07. The molecule has 37 heavy (non-hydrogen) atoms. The van der Waals surface area contributed by atoms with Gasteiger partial charge in [-0.1, -0.05) is 24.3 Å². The van der Waals surface area contributed by atoms with Gasteiger partial charge in [-0.25, -0.2) is 0 Å². The zero-order chi connectivity index (χ0) is 26.9. The molecule has 0 bridgehead atoms. The summed E-state index contributed by atoms with van der Waals surface area (Å²) in [5.74, 6) is -2.22. The van der Waals surface area contributed by atoms with Crippen molar-refractivity contribution in [2.24, 2.45) is 0 Å². The predicted octanol–water partition coefficient (Wildman–Crippen LogP) is 4.32. The summed E-state index contributed by atoms with van der Waals surface area (Å²) < 4.78 is 5.26. The molecule has 1 saturated heterocycles. The van der Waals surface area contributed by atoms with Gasteiger partial charge in [-0.3, -0.25) is 19.3 Å². The predicted molar refractivity (Wildman–Crippen MR) is 141 cm³/mol. The van der Waals surface area contributed by atoms with Gasteiger partial charge in [-0.2, -0.15) is 0 Å². The Kier molecular flexibility index (Phi) is 7.02. The lowest BCUT2D eigenvalue weighted by atomic mass is 9.93. The lowest BCUT2D eigenvalue weighted by Gasteiger charge is -2.26. The van der Waals surface area contributed by atoms with Crippen molar-refractivity contribution in [1.82, 2.24) is 0 Å². The topological polar surface area (TPSA) is 107 Å². The molecule has 1 aliphatic heterocycles. The Morgan fingerprint density at radius 1 is 0.973 bits per heavy atom. The molecule has 2 N–H and O–H groups in total. The van der Waals surface area contributed by atoms with Crippen molar-refractivity contribution in [3.8, 4) is 5.75 Å². The maximum absolute atomic E-state index is 13.4. The molecule has 3 aromatic rings. The fraction of sp³-hybridized carbons (Fsp3) is 0.207. The average Bonchev–Trinajstić information content (AvgIpc) is 3.14. The van der Waals surface area contributed by atoms with Gasteiger partial charge < -0.3 is 19.8 Å². The fourth-order valence-corrected chi connectivity index (χ4v) is 4.49. The number of carboxylic acid groups (broad SMARTS) is 1. The molecule has 0 spiro atoms. The monoisotopic (exact) mass is 500 g/mol. The molecule has 8 heteroatoms. The average molecular weight is 501 g/mol. The number of hydrogen-bond acceptors (Lipinski definition) is 6. The molecule has 1 heterocycles. The second-order valence-corrected chi connectivity index (χ2v) is 9.07. The van der Waals surface area contributed by atoms with Crippen LogP contribution in [0.4, 0.5) is 11.4 Å². The van der Waals surface area contributed by atoms with Gasteiger partial charge in [0, 0.05) is 31.0 Å². The van der Waals surface area contributed by atoms with Crippen molar-refractivity contribution in [2.75, 3.05) is 31.0 Å². The van der Waals surface area contributed by atoms with Crippen LogP contribution in [-0.4, -0.2) is 49.1 Å². The standard InChI is InChI=1S/C29H28N2O6/c1-17-15-22(37-4)13-14-23(17)27(34)25-26(19-7-11-20(12-8-19)30(2)3)31(29(36)28(25)35)21-9-5-18(6-10-21)16-24(32)33/h5-15,26,34H,16H2,1-4H3,(H,32,33)/b27-25-. The third-order valence-electron chi connectivity index (χ3n) is 6.43. The molecule has 0 aromatic heterocycles. The second kappa shape index (κ2) is 10.2. The van der Waals surface area contributed by atoms with Crippen LogP contribution in [0.2, 0.25) is 0 Å². The van der Waals surface area contributed by atoms with E-state index >= 15 is 0 Å². The van der Waals surface area contributed by atoms with Crippen LogP contribution in [0, 0.1) is 6.92 Å². The summed E-state index contributed by atoms with van der Waals surface area (Å²) >= 11 is 0. The summed E-state index contributed by atoms with van der Waals surface area (Å²) in [7, 11) is 5.36. The number of carbonyl (C=O) groups excluding carboxylic acids is 2. The number of ether oxygens (including phenoxy) is 1. The number of aliphatic hydroxyl groups excluding tert-OH is 1. The number of amides is 1. The summed E-state index contributed by atoms with van der Waals surface area (Å²) in [6.45, 7) is 1.79. The van der Waals surface area contributed by atoms with Gasteiger partial charge in [-0.05, 0) is 66.1 Å². The first-order valence-electron chi connectivity index (χ1n) is 11.7. The molecule has 0 aliphatic carbocycles. The highest BCUT2D eigenvalue weighted by Gasteiger charge is 2.47. The van der Waals surface area contributed by atoms with E-state index in [1.807, 2.05) is 43.3 Å². The smallest absolute Gasteiger partial charge is 0.307 e. The molecule has 190 valence electrons. The van der Waals surface area contributed by atoms with E-state index in [1.165, 1.54) is 4.90 Å². The van der Waals surface area contributed by atoms with E-state index in [2.05, 4.69) is 0 Å². The number of carboxylic acids is 1. The number of rotatable bonds is 7. The number of benzene rings is 3. The Morgan fingerprint density at radius 2 is 1.62 bits per heavy atom. The van der Waals surface area contributed by atoms with Crippen molar-refractivity contribution in [3.05, 3.63) is 94.6 Å². The molecular weight excluding hydrogens is 472 g/mol. The van der Waals surface area contributed by atoms with E-state index in [0.29, 0.717) is 33.7 Å². The molecule has 1 atom stereocenters. The van der Waals surface area contributed by atoms with Crippen molar-refractivity contribution < 1.29 is 29.3 Å². The first kappa shape index (κ1) is 25.5. The van der Waals surface area contributed by atoms with Gasteiger partial charge >= 0.3 is 5.97 Å². The Balaban J connectivity index is 1.89. The summed E-state index contributed by atoms with van der Waals surface area (Å²) in [6.07, 6.45) is -0.161. The van der Waals surface area contributed by atoms with Gasteiger partial charge in [-0.15, -0.1) is 0 Å². The van der Waals surface area contributed by atoms with Crippen LogP contribution in [0.25, 0.3) is 5.76 Å². The van der Waals surface area contributed by atoms with E-state index in [1.54, 1.807) is 56.5 Å². The number of methoxy groups -OCH3 is 1. The molecule has 8 nitrogen and oxygen atoms in total. The van der Waals surface area contributed by atoms with Crippen LogP contribution in [0.5, 0.6) is 5.75 Å². The number of nitrogens with zero attached hydrogens (tertiary/aromatic N) is 2. The number of ketones is 1. The number of hydrogen-bond donors (Lipinski definition) is 2. The number of aryl methyl sites for hydroxylation is 1. The van der Waals surface area contributed by atoms with E-state index in [0.717, 1.165) is 5.69 Å². The van der Waals surface area contributed by atoms with Crippen molar-refractivity contribution >= 4 is 34.8 Å². The number of aliphatic hydroxyl groups is 1. The highest BCUT2D eigenvalue weighted by atomic mass is 16.5. The van der Waals surface area contributed by atoms with Crippen molar-refractivity contribution in [2.45, 2.75) is 19.4 Å². The van der Waals surface area contributed by atoms with Gasteiger partial charge in [0.25, 0.3) is 11.7 Å². The molecule has 4 rings (SSSR count). The summed E-state index contributed by atoms with van der Waals surface area (Å²) in [5, 5.41) is 20.5. The molecule has 1 amide bonds. The summed E-state index contributed by atoms with van der Waals surface area (Å²) in [6, 6.07) is 18.1. The molecule has 3 aromatic carbocycles. The number of carbonyl (C=O) groups is 3. The van der Waals surface area contributed by atoms with Crippen LogP contribution in [0.3, 0.4) is 0 Å². The molecular formula is C29H28N2O6. The third-order valence-corrected chi connectivity index (χ3v) is 6.43. The van der Waals surface area contributed by atoms with Crippen molar-refractivity contribution in [1.29, 1.82) is 0 Å². The van der Waals surface area contributed by atoms with E-state index in [4.69, 9.17) is 9.84 Å². The minimum absolute atomic E-state index is 0.0227. The quantitative estimate of drug-likeness (QED) is 0.283. The Bertz CT molecular complexity index is 1390. The first-order chi connectivity index (χ1) is 17.6. The molecule has 0 saturated carbocycles. The zero-order valence-corrected chi connectivity index (χ0v) is 21.1. The number of aliphatic carboxylic acids is 1. The largest absolute Gasteiger partial charge is 0.507 e. The van der Waals surface area contributed by atoms with Gasteiger partial charge in [0.05, 0.1) is 25.1 Å². The normalized spacial score (nSPS) is 16.6. The highest BCUT2D eigenvalue weighted by Crippen LogP contribution is 2.43. The van der Waals surface area contributed by atoms with Gasteiger partial charge in [0.2, 0.25) is 0 Å². The maximum atomic E-state index is 13.4. The van der Waals surface area contributed by atoms with Gasteiger partial charge in [0.15, 0.2) is 0 Å². The third kappa shape index (κ3) is 4.91. The summed E-state index contributed by atoms with van der Waals surface area (Å²) in [4.78, 5) is 41.1. The fourth-order valence-electron chi connectivity index (χ4n) is 4.49. The lowest BCUT2D eigenvalue weighted by Crippen LogP contribution is -2.29. The first-order valence-corrected chi connectivity index (χ1v) is 11.7. The van der Waals surface area contributed by atoms with Crippen LogP contribution < -0.4 is 14.5 Å². The Morgan fingerprint density at radius 3 is 2.16 bits per heavy atom. The lowest BCUT2D eigenvalue weighted by molar-refractivity contribution is -0.136. The molecule has 1 unspecified atom stereocenters. The van der Waals surface area contributed by atoms with Crippen LogP contribution in [-0.2, 0) is 20.8 Å². The zero-order valence-electron chi connectivity index (χ0n) is 21.1. The van der Waals surface area contributed by atoms with Gasteiger partial charge in [0.1, 0.15) is 11.5 Å². The van der Waals surface area contributed by atoms with E-state index in [-0.39, 0.29) is 17.8 Å². The van der Waals surface area contributed by atoms with Crippen molar-refractivity contribution in [3.63, 3.8) is 0 Å². The molecule has 1 fully saturated rings. The van der Waals surface area contributed by atoms with Crippen LogP contribution in [0.1, 0.15) is 28.3 Å². The molecule has 0 radical (unpaired) electrons. The van der Waals surface area contributed by atoms with Crippen LogP contribution in [0.15, 0.2) is 72.3 Å². The minimum atomic E-state index is -0.968. The van der Waals surface area contributed by atoms with Crippen LogP contribution >= 0.6 is 0 Å². The molecule has 1 aliphatic rings. The Labute approximate surface area is 215 Å². The minimum Gasteiger partial charge on any atom is -0.507 e. The van der Waals surface area contributed by atoms with E-state index < -0.39 is 23.7 Å². The van der Waals surface area contributed by atoms with E-state index in [9.17, 15) is 19.5 Å². The SMILES string of the molecule is COc1ccc(/C(O)=C2/C(=O)C(=O)N(c3ccc(CC(=O)O)cc3)C2c2ccc(N(C)C)cc2)c(C)c1. The number of Topliss-reactive ketones (excluding diaryl/α,β-unsaturated/α-hetero) is 1. The summed E-state index contributed by atoms with van der Waals surface area (Å²) in [5.41, 5.74) is 3.65. The number of anilines is 2.